The monoisotopic (exact) mass is 433 g/mol. The second-order valence-corrected chi connectivity index (χ2v) is 7.22. The molecule has 0 aliphatic heterocycles. The molecule has 1 atom stereocenters. The number of aromatic carboxylic acids is 1. The molecular formula is C21H17Cl2NO5. The molecule has 0 saturated heterocycles. The van der Waals surface area contributed by atoms with Crippen LogP contribution in [-0.2, 0) is 11.4 Å². The number of carbonyl (C=O) groups excluding carboxylic acids is 1. The van der Waals surface area contributed by atoms with Crippen molar-refractivity contribution < 1.29 is 24.5 Å². The van der Waals surface area contributed by atoms with Gasteiger partial charge in [-0.15, -0.1) is 0 Å². The summed E-state index contributed by atoms with van der Waals surface area (Å²) in [6.07, 6.45) is -0.952. The number of benzene rings is 3. The van der Waals surface area contributed by atoms with Crippen molar-refractivity contribution in [2.45, 2.75) is 19.6 Å². The maximum Gasteiger partial charge on any atom is 0.335 e. The molecule has 0 aliphatic carbocycles. The van der Waals surface area contributed by atoms with Gasteiger partial charge in [-0.2, -0.15) is 0 Å². The van der Waals surface area contributed by atoms with Gasteiger partial charge in [0.25, 0.3) is 5.91 Å². The second-order valence-electron chi connectivity index (χ2n) is 6.37. The Kier molecular flexibility index (Phi) is 6.27. The lowest BCUT2D eigenvalue weighted by Gasteiger charge is -2.18. The number of aliphatic hydroxyl groups is 1. The largest absolute Gasteiger partial charge is 0.480 e. The maximum absolute atomic E-state index is 12.5. The number of ether oxygens (including phenoxy) is 1. The molecule has 0 heterocycles. The van der Waals surface area contributed by atoms with Crippen LogP contribution >= 0.6 is 23.2 Å². The Morgan fingerprint density at radius 2 is 1.90 bits per heavy atom. The van der Waals surface area contributed by atoms with Crippen molar-refractivity contribution in [1.82, 2.24) is 0 Å². The summed E-state index contributed by atoms with van der Waals surface area (Å²) in [5.41, 5.74) is 1.14. The van der Waals surface area contributed by atoms with E-state index < -0.39 is 18.0 Å². The van der Waals surface area contributed by atoms with Gasteiger partial charge in [0.2, 0.25) is 0 Å². The number of carboxylic acids is 1. The quantitative estimate of drug-likeness (QED) is 0.521. The van der Waals surface area contributed by atoms with Crippen LogP contribution in [0.5, 0.6) is 5.75 Å². The molecule has 0 spiro atoms. The molecule has 29 heavy (non-hydrogen) atoms. The normalized spacial score (nSPS) is 11.9. The van der Waals surface area contributed by atoms with Gasteiger partial charge in [-0.05, 0) is 54.3 Å². The van der Waals surface area contributed by atoms with Crippen LogP contribution in [0.3, 0.4) is 0 Å². The van der Waals surface area contributed by atoms with Crippen molar-refractivity contribution in [3.63, 3.8) is 0 Å². The predicted molar refractivity (Wildman–Crippen MR) is 112 cm³/mol. The summed E-state index contributed by atoms with van der Waals surface area (Å²) in [6.45, 7) is 1.39. The summed E-state index contributed by atoms with van der Waals surface area (Å²) in [5.74, 6) is -1.43. The standard InChI is InChI=1S/C21H17Cl2NO5/c1-11(20(26)24-16-4-2-3-12(5-16)10-25)29-18-8-14(21(27)28)6-13-7-15(22)9-17(23)19(13)18/h2-9,11,25H,10H2,1H3,(H,24,26)(H,27,28). The van der Waals surface area contributed by atoms with E-state index in [9.17, 15) is 19.8 Å². The van der Waals surface area contributed by atoms with Crippen LogP contribution in [-0.4, -0.2) is 28.2 Å². The molecule has 0 aromatic heterocycles. The smallest absolute Gasteiger partial charge is 0.335 e. The van der Waals surface area contributed by atoms with E-state index in [0.717, 1.165) is 0 Å². The zero-order chi connectivity index (χ0) is 21.1. The summed E-state index contributed by atoms with van der Waals surface area (Å²) in [6, 6.07) is 12.6. The topological polar surface area (TPSA) is 95.9 Å². The first kappa shape index (κ1) is 20.9. The lowest BCUT2D eigenvalue weighted by atomic mass is 10.1. The highest BCUT2D eigenvalue weighted by Crippen LogP contribution is 2.36. The number of nitrogens with one attached hydrogen (secondary N) is 1. The summed E-state index contributed by atoms with van der Waals surface area (Å²) < 4.78 is 5.78. The molecule has 0 bridgehead atoms. The van der Waals surface area contributed by atoms with E-state index in [-0.39, 0.29) is 22.9 Å². The fraction of sp³-hybridized carbons (Fsp3) is 0.143. The van der Waals surface area contributed by atoms with E-state index >= 15 is 0 Å². The number of carbonyl (C=O) groups is 2. The molecule has 150 valence electrons. The van der Waals surface area contributed by atoms with Crippen molar-refractivity contribution in [1.29, 1.82) is 0 Å². The Morgan fingerprint density at radius 3 is 2.59 bits per heavy atom. The Morgan fingerprint density at radius 1 is 1.14 bits per heavy atom. The molecule has 0 aliphatic rings. The van der Waals surface area contributed by atoms with Crippen molar-refractivity contribution >= 4 is 51.5 Å². The second kappa shape index (κ2) is 8.69. The fourth-order valence-corrected chi connectivity index (χ4v) is 3.44. The predicted octanol–water partition coefficient (Wildman–Crippen LogP) is 4.74. The molecule has 0 radical (unpaired) electrons. The van der Waals surface area contributed by atoms with Gasteiger partial charge in [-0.3, -0.25) is 4.79 Å². The van der Waals surface area contributed by atoms with Crippen molar-refractivity contribution in [2.75, 3.05) is 5.32 Å². The molecular weight excluding hydrogens is 417 g/mol. The van der Waals surface area contributed by atoms with Gasteiger partial charge < -0.3 is 20.3 Å². The van der Waals surface area contributed by atoms with E-state index in [4.69, 9.17) is 27.9 Å². The van der Waals surface area contributed by atoms with Crippen LogP contribution < -0.4 is 10.1 Å². The number of aliphatic hydroxyl groups excluding tert-OH is 1. The molecule has 8 heteroatoms. The van der Waals surface area contributed by atoms with Crippen molar-refractivity contribution in [2.24, 2.45) is 0 Å². The van der Waals surface area contributed by atoms with Gasteiger partial charge in [-0.1, -0.05) is 35.3 Å². The summed E-state index contributed by atoms with van der Waals surface area (Å²) in [5, 5.41) is 22.9. The number of halogens is 2. The van der Waals surface area contributed by atoms with Crippen LogP contribution in [0.15, 0.2) is 48.5 Å². The molecule has 3 aromatic carbocycles. The number of anilines is 1. The van der Waals surface area contributed by atoms with Crippen molar-refractivity contribution in [3.05, 3.63) is 69.7 Å². The zero-order valence-electron chi connectivity index (χ0n) is 15.3. The first-order chi connectivity index (χ1) is 13.8. The van der Waals surface area contributed by atoms with E-state index in [1.165, 1.54) is 25.1 Å². The number of rotatable bonds is 6. The molecule has 3 aromatic rings. The Balaban J connectivity index is 1.91. The summed E-state index contributed by atoms with van der Waals surface area (Å²) in [4.78, 5) is 24.0. The molecule has 1 amide bonds. The average Bonchev–Trinajstić information content (AvgIpc) is 2.67. The first-order valence-electron chi connectivity index (χ1n) is 8.62. The van der Waals surface area contributed by atoms with Crippen LogP contribution in [0.1, 0.15) is 22.8 Å². The highest BCUT2D eigenvalue weighted by molar-refractivity contribution is 6.39. The zero-order valence-corrected chi connectivity index (χ0v) is 16.8. The van der Waals surface area contributed by atoms with Crippen LogP contribution in [0.4, 0.5) is 5.69 Å². The molecule has 0 saturated carbocycles. The van der Waals surface area contributed by atoms with Gasteiger partial charge in [0.05, 0.1) is 17.2 Å². The van der Waals surface area contributed by atoms with E-state index in [1.54, 1.807) is 30.3 Å². The van der Waals surface area contributed by atoms with Crippen LogP contribution in [0.2, 0.25) is 10.0 Å². The highest BCUT2D eigenvalue weighted by Gasteiger charge is 2.20. The third-order valence-corrected chi connectivity index (χ3v) is 4.74. The Hall–Kier alpha value is -2.80. The summed E-state index contributed by atoms with van der Waals surface area (Å²) >= 11 is 12.3. The fourth-order valence-electron chi connectivity index (χ4n) is 2.84. The highest BCUT2D eigenvalue weighted by atomic mass is 35.5. The molecule has 0 fully saturated rings. The molecule has 3 N–H and O–H groups in total. The third kappa shape index (κ3) is 4.79. The minimum Gasteiger partial charge on any atom is -0.480 e. The van der Waals surface area contributed by atoms with Crippen molar-refractivity contribution in [3.8, 4) is 5.75 Å². The Bertz CT molecular complexity index is 1100. The van der Waals surface area contributed by atoms with Crippen LogP contribution in [0.25, 0.3) is 10.8 Å². The average molecular weight is 434 g/mol. The van der Waals surface area contributed by atoms with Gasteiger partial charge in [0.15, 0.2) is 6.10 Å². The minimum absolute atomic E-state index is 0.0194. The number of fused-ring (bicyclic) bond motifs is 1. The SMILES string of the molecule is CC(Oc1cc(C(=O)O)cc2cc(Cl)cc(Cl)c12)C(=O)Nc1cccc(CO)c1. The van der Waals surface area contributed by atoms with Gasteiger partial charge >= 0.3 is 5.97 Å². The number of amides is 1. The van der Waals surface area contributed by atoms with Gasteiger partial charge in [0, 0.05) is 16.1 Å². The number of hydrogen-bond donors (Lipinski definition) is 3. The Labute approximate surface area is 176 Å². The maximum atomic E-state index is 12.5. The van der Waals surface area contributed by atoms with Crippen LogP contribution in [0, 0.1) is 0 Å². The summed E-state index contributed by atoms with van der Waals surface area (Å²) in [7, 11) is 0. The van der Waals surface area contributed by atoms with E-state index in [2.05, 4.69) is 5.32 Å². The number of carboxylic acid groups (broad SMARTS) is 1. The van der Waals surface area contributed by atoms with E-state index in [1.807, 2.05) is 0 Å². The third-order valence-electron chi connectivity index (χ3n) is 4.23. The first-order valence-corrected chi connectivity index (χ1v) is 9.37. The minimum atomic E-state index is -1.15. The van der Waals surface area contributed by atoms with E-state index in [0.29, 0.717) is 27.0 Å². The lowest BCUT2D eigenvalue weighted by Crippen LogP contribution is -2.30. The number of hydrogen-bond acceptors (Lipinski definition) is 4. The molecule has 3 rings (SSSR count). The molecule has 1 unspecified atom stereocenters. The molecule has 6 nitrogen and oxygen atoms in total. The van der Waals surface area contributed by atoms with Gasteiger partial charge in [0.1, 0.15) is 5.75 Å². The van der Waals surface area contributed by atoms with Gasteiger partial charge in [-0.25, -0.2) is 4.79 Å². The lowest BCUT2D eigenvalue weighted by molar-refractivity contribution is -0.122.